The van der Waals surface area contributed by atoms with Gasteiger partial charge in [0.1, 0.15) is 11.4 Å². The number of aliphatic hydroxyl groups is 1. The molecule has 6 nitrogen and oxygen atoms in total. The maximum Gasteiger partial charge on any atom is 0.335 e. The first kappa shape index (κ1) is 20.1. The summed E-state index contributed by atoms with van der Waals surface area (Å²) in [6.45, 7) is 3.03. The van der Waals surface area contributed by atoms with Gasteiger partial charge < -0.3 is 19.5 Å². The van der Waals surface area contributed by atoms with Crippen molar-refractivity contribution in [3.63, 3.8) is 0 Å². The molecule has 1 aliphatic rings. The van der Waals surface area contributed by atoms with Gasteiger partial charge in [0.25, 0.3) is 0 Å². The molecule has 140 valence electrons. The van der Waals surface area contributed by atoms with Crippen LogP contribution in [-0.2, 0) is 15.7 Å². The van der Waals surface area contributed by atoms with Crippen molar-refractivity contribution in [1.29, 1.82) is 0 Å². The number of ether oxygens (including phenoxy) is 1. The third-order valence-electron chi connectivity index (χ3n) is 4.93. The van der Waals surface area contributed by atoms with Crippen LogP contribution < -0.4 is 0 Å². The topological polar surface area (TPSA) is 87.1 Å². The highest BCUT2D eigenvalue weighted by Crippen LogP contribution is 2.34. The second-order valence-corrected chi connectivity index (χ2v) is 8.07. The standard InChI is InChI=1S/C18H28NO5P/c1-3-4-9-18(22,25-23)16-11-19(2)15(12-24-16)10-13-5-7-14(8-6-13)17(20)21/h5-8,15-16,22H,3-4,9-12,25H2,1-2H3,(H,20,21)/t15-,16+,18?/m1/s1. The van der Waals surface area contributed by atoms with Gasteiger partial charge in [0.15, 0.2) is 0 Å². The van der Waals surface area contributed by atoms with Crippen molar-refractivity contribution in [2.24, 2.45) is 0 Å². The molecule has 2 N–H and O–H groups in total. The van der Waals surface area contributed by atoms with Crippen LogP contribution in [0.4, 0.5) is 0 Å². The van der Waals surface area contributed by atoms with Crippen LogP contribution in [0, 0.1) is 0 Å². The lowest BCUT2D eigenvalue weighted by atomic mass is 9.99. The van der Waals surface area contributed by atoms with Crippen LogP contribution in [0.15, 0.2) is 24.3 Å². The SMILES string of the molecule is CCCCC(O)([PH2]=O)[C@@H]1CN(C)[C@H](Cc2ccc(C(=O)O)cc2)CO1. The summed E-state index contributed by atoms with van der Waals surface area (Å²) in [7, 11) is 0.652. The number of carbonyl (C=O) groups is 1. The van der Waals surface area contributed by atoms with E-state index in [9.17, 15) is 14.5 Å². The molecule has 1 saturated heterocycles. The van der Waals surface area contributed by atoms with Crippen LogP contribution in [0.2, 0.25) is 0 Å². The quantitative estimate of drug-likeness (QED) is 0.684. The summed E-state index contributed by atoms with van der Waals surface area (Å²) in [4.78, 5) is 13.0. The Morgan fingerprint density at radius 2 is 2.08 bits per heavy atom. The zero-order valence-corrected chi connectivity index (χ0v) is 16.0. The Labute approximate surface area is 150 Å². The number of rotatable bonds is 8. The largest absolute Gasteiger partial charge is 0.478 e. The molecule has 25 heavy (non-hydrogen) atoms. The zero-order valence-electron chi connectivity index (χ0n) is 14.9. The van der Waals surface area contributed by atoms with E-state index in [2.05, 4.69) is 4.90 Å². The summed E-state index contributed by atoms with van der Waals surface area (Å²) in [6.07, 6.45) is 2.58. The molecule has 0 bridgehead atoms. The highest BCUT2D eigenvalue weighted by Gasteiger charge is 2.40. The van der Waals surface area contributed by atoms with Gasteiger partial charge in [-0.2, -0.15) is 0 Å². The van der Waals surface area contributed by atoms with Gasteiger partial charge in [0.05, 0.1) is 20.6 Å². The molecule has 2 unspecified atom stereocenters. The molecule has 1 aromatic rings. The van der Waals surface area contributed by atoms with Gasteiger partial charge in [0.2, 0.25) is 0 Å². The molecule has 1 aliphatic heterocycles. The summed E-state index contributed by atoms with van der Waals surface area (Å²) >= 11 is 0. The molecule has 1 heterocycles. The maximum atomic E-state index is 11.6. The average molecular weight is 369 g/mol. The number of nitrogens with zero attached hydrogens (tertiary/aromatic N) is 1. The Hall–Kier alpha value is -1.20. The summed E-state index contributed by atoms with van der Waals surface area (Å²) in [6, 6.07) is 7.00. The Balaban J connectivity index is 1.96. The number of aromatic carboxylic acids is 1. The van der Waals surface area contributed by atoms with Crippen LogP contribution >= 0.6 is 8.46 Å². The first-order valence-electron chi connectivity index (χ1n) is 8.72. The molecule has 1 fully saturated rings. The van der Waals surface area contributed by atoms with Gasteiger partial charge in [-0.05, 0) is 37.6 Å². The van der Waals surface area contributed by atoms with Crippen molar-refractivity contribution in [3.05, 3.63) is 35.4 Å². The number of hydrogen-bond acceptors (Lipinski definition) is 5. The van der Waals surface area contributed by atoms with Crippen molar-refractivity contribution >= 4 is 14.4 Å². The average Bonchev–Trinajstić information content (AvgIpc) is 2.61. The monoisotopic (exact) mass is 369 g/mol. The van der Waals surface area contributed by atoms with Gasteiger partial charge >= 0.3 is 5.97 Å². The molecule has 2 rings (SSSR count). The van der Waals surface area contributed by atoms with Gasteiger partial charge in [-0.1, -0.05) is 31.9 Å². The molecule has 4 atom stereocenters. The molecular weight excluding hydrogens is 341 g/mol. The van der Waals surface area contributed by atoms with E-state index in [1.165, 1.54) is 0 Å². The third-order valence-corrected chi connectivity index (χ3v) is 6.00. The van der Waals surface area contributed by atoms with Crippen molar-refractivity contribution in [2.75, 3.05) is 20.2 Å². The minimum Gasteiger partial charge on any atom is -0.478 e. The predicted molar refractivity (Wildman–Crippen MR) is 98.1 cm³/mol. The summed E-state index contributed by atoms with van der Waals surface area (Å²) < 4.78 is 17.5. The number of hydrogen-bond donors (Lipinski definition) is 2. The smallest absolute Gasteiger partial charge is 0.335 e. The number of unbranched alkanes of at least 4 members (excludes halogenated alkanes) is 1. The van der Waals surface area contributed by atoms with Crippen molar-refractivity contribution < 1.29 is 24.3 Å². The van der Waals surface area contributed by atoms with Gasteiger partial charge in [0, 0.05) is 12.6 Å². The second-order valence-electron chi connectivity index (χ2n) is 6.83. The maximum absolute atomic E-state index is 11.6. The lowest BCUT2D eigenvalue weighted by Crippen LogP contribution is -2.55. The number of benzene rings is 1. The Morgan fingerprint density at radius 3 is 2.60 bits per heavy atom. The first-order chi connectivity index (χ1) is 11.9. The van der Waals surface area contributed by atoms with Crippen LogP contribution in [0.25, 0.3) is 0 Å². The molecule has 1 aromatic carbocycles. The van der Waals surface area contributed by atoms with E-state index in [0.29, 0.717) is 19.6 Å². The van der Waals surface area contributed by atoms with Gasteiger partial charge in [-0.25, -0.2) is 4.79 Å². The van der Waals surface area contributed by atoms with Gasteiger partial charge in [-0.15, -0.1) is 0 Å². The molecule has 0 radical (unpaired) electrons. The Bertz CT molecular complexity index is 594. The summed E-state index contributed by atoms with van der Waals surface area (Å²) in [5, 5.41) is 18.4. The molecular formula is C18H28NO5P. The minimum absolute atomic E-state index is 0.143. The van der Waals surface area contributed by atoms with E-state index in [4.69, 9.17) is 9.84 Å². The highest BCUT2D eigenvalue weighted by molar-refractivity contribution is 7.25. The zero-order chi connectivity index (χ0) is 18.4. The Kier molecular flexibility index (Phi) is 7.20. The third kappa shape index (κ3) is 5.14. The van der Waals surface area contributed by atoms with E-state index in [0.717, 1.165) is 24.8 Å². The lowest BCUT2D eigenvalue weighted by Gasteiger charge is -2.42. The summed E-state index contributed by atoms with van der Waals surface area (Å²) in [5.41, 5.74) is 1.32. The van der Waals surface area contributed by atoms with Crippen molar-refractivity contribution in [1.82, 2.24) is 4.90 Å². The highest BCUT2D eigenvalue weighted by atomic mass is 31.1. The van der Waals surface area contributed by atoms with Crippen LogP contribution in [0.5, 0.6) is 0 Å². The van der Waals surface area contributed by atoms with E-state index in [-0.39, 0.29) is 11.6 Å². The molecule has 0 aliphatic carbocycles. The normalized spacial score (nSPS) is 24.4. The number of morpholine rings is 1. The van der Waals surface area contributed by atoms with Crippen LogP contribution in [-0.4, -0.2) is 58.8 Å². The van der Waals surface area contributed by atoms with Crippen LogP contribution in [0.1, 0.15) is 42.1 Å². The molecule has 0 saturated carbocycles. The minimum atomic E-state index is -1.33. The van der Waals surface area contributed by atoms with E-state index < -0.39 is 25.9 Å². The van der Waals surface area contributed by atoms with Gasteiger partial charge in [-0.3, -0.25) is 4.90 Å². The fraction of sp³-hybridized carbons (Fsp3) is 0.611. The number of carboxylic acids is 1. The molecule has 0 spiro atoms. The predicted octanol–water partition coefficient (Wildman–Crippen LogP) is 2.26. The molecule has 7 heteroatoms. The molecule has 0 amide bonds. The second kappa shape index (κ2) is 8.95. The summed E-state index contributed by atoms with van der Waals surface area (Å²) in [5.74, 6) is -0.931. The number of likely N-dealkylation sites (N-methyl/N-ethyl adjacent to an activating group) is 1. The van der Waals surface area contributed by atoms with E-state index in [1.807, 2.05) is 26.1 Å². The first-order valence-corrected chi connectivity index (χ1v) is 9.77. The fourth-order valence-electron chi connectivity index (χ4n) is 3.15. The van der Waals surface area contributed by atoms with E-state index in [1.54, 1.807) is 12.1 Å². The van der Waals surface area contributed by atoms with E-state index >= 15 is 0 Å². The fourth-order valence-corrected chi connectivity index (χ4v) is 3.82. The molecule has 0 aromatic heterocycles. The number of carboxylic acid groups (broad SMARTS) is 1. The van der Waals surface area contributed by atoms with Crippen molar-refractivity contribution in [2.45, 2.75) is 50.1 Å². The lowest BCUT2D eigenvalue weighted by molar-refractivity contribution is -0.122. The van der Waals surface area contributed by atoms with Crippen molar-refractivity contribution in [3.8, 4) is 0 Å². The Morgan fingerprint density at radius 1 is 1.40 bits per heavy atom. The van der Waals surface area contributed by atoms with Crippen LogP contribution in [0.3, 0.4) is 0 Å².